The van der Waals surface area contributed by atoms with Crippen LogP contribution in [0.4, 0.5) is 0 Å². The van der Waals surface area contributed by atoms with Gasteiger partial charge >= 0.3 is 0 Å². The van der Waals surface area contributed by atoms with Crippen molar-refractivity contribution in [3.8, 4) is 24.0 Å². The predicted molar refractivity (Wildman–Crippen MR) is 101 cm³/mol. The molecule has 6 heteroatoms. The first-order chi connectivity index (χ1) is 13.5. The highest BCUT2D eigenvalue weighted by atomic mass is 16.5. The summed E-state index contributed by atoms with van der Waals surface area (Å²) in [4.78, 5) is 1.38. The Morgan fingerprint density at radius 3 is 2.39 bits per heavy atom. The van der Waals surface area contributed by atoms with E-state index in [-0.39, 0.29) is 17.7 Å². The van der Waals surface area contributed by atoms with Gasteiger partial charge in [0.05, 0.1) is 44.1 Å². The molecule has 0 radical (unpaired) electrons. The van der Waals surface area contributed by atoms with Crippen molar-refractivity contribution in [2.24, 2.45) is 17.3 Å². The van der Waals surface area contributed by atoms with Gasteiger partial charge in [0.1, 0.15) is 17.7 Å². The predicted octanol–water partition coefficient (Wildman–Crippen LogP) is 1.59. The smallest absolute Gasteiger partial charge is 0.189 e. The standard InChI is InChI=1S/C22H21N5O/c1-27-14-5-8-18(27)19-16(9-14)17(10-23)21(26)22(11-24,12-25)20(19)13-3-6-15(28-2)7-4-13/h3-4,6-7,9,14,17-20,26H,5,8H2,1-2H3/p+1/t14-,17?,18+,19-,20+/m1/s1. The number of nitriles is 3. The van der Waals surface area contributed by atoms with E-state index in [0.717, 1.165) is 24.0 Å². The average Bonchev–Trinajstić information content (AvgIpc) is 2.96. The normalized spacial score (nSPS) is 35.0. The summed E-state index contributed by atoms with van der Waals surface area (Å²) in [5.41, 5.74) is 0.0566. The minimum atomic E-state index is -1.65. The SMILES string of the molecule is COc1ccc([C@H]2[C@@H]3C(=C[C@H]4CC[C@@H]3[NH+]4C)C(C#N)C(=N)C2(C#N)C#N)cc1. The number of ether oxygens (including phenoxy) is 1. The van der Waals surface area contributed by atoms with Crippen LogP contribution >= 0.6 is 0 Å². The van der Waals surface area contributed by atoms with E-state index >= 15 is 0 Å². The van der Waals surface area contributed by atoms with Gasteiger partial charge in [0, 0.05) is 24.7 Å². The van der Waals surface area contributed by atoms with Crippen LogP contribution in [-0.4, -0.2) is 32.0 Å². The zero-order valence-corrected chi connectivity index (χ0v) is 15.9. The molecule has 2 fully saturated rings. The fraction of sp³-hybridized carbons (Fsp3) is 0.455. The second kappa shape index (κ2) is 6.48. The lowest BCUT2D eigenvalue weighted by molar-refractivity contribution is -0.916. The van der Waals surface area contributed by atoms with Gasteiger partial charge in [-0.1, -0.05) is 12.1 Å². The van der Waals surface area contributed by atoms with E-state index in [1.807, 2.05) is 24.3 Å². The molecular formula is C22H22N5O+. The molecule has 0 aromatic heterocycles. The number of fused-ring (bicyclic) bond motifs is 4. The highest BCUT2D eigenvalue weighted by Crippen LogP contribution is 2.55. The van der Waals surface area contributed by atoms with Crippen molar-refractivity contribution >= 4 is 5.71 Å². The molecule has 2 bridgehead atoms. The van der Waals surface area contributed by atoms with Gasteiger partial charge < -0.3 is 15.0 Å². The highest BCUT2D eigenvalue weighted by molar-refractivity contribution is 6.00. The quantitative estimate of drug-likeness (QED) is 0.768. The van der Waals surface area contributed by atoms with E-state index in [1.54, 1.807) is 7.11 Å². The molecule has 1 saturated carbocycles. The Morgan fingerprint density at radius 1 is 1.14 bits per heavy atom. The first-order valence-electron chi connectivity index (χ1n) is 9.52. The molecule has 2 N–H and O–H groups in total. The molecule has 0 amide bonds. The Morgan fingerprint density at radius 2 is 1.82 bits per heavy atom. The second-order valence-corrected chi connectivity index (χ2v) is 7.99. The second-order valence-electron chi connectivity index (χ2n) is 7.99. The summed E-state index contributed by atoms with van der Waals surface area (Å²) in [6.45, 7) is 0. The number of likely N-dealkylation sites (N-methyl/N-ethyl adjacent to an activating group) is 1. The molecular weight excluding hydrogens is 350 g/mol. The molecule has 6 nitrogen and oxygen atoms in total. The minimum Gasteiger partial charge on any atom is -0.497 e. The average molecular weight is 372 g/mol. The molecule has 2 unspecified atom stereocenters. The third kappa shape index (κ3) is 2.24. The third-order valence-corrected chi connectivity index (χ3v) is 7.00. The zero-order valence-electron chi connectivity index (χ0n) is 15.9. The van der Waals surface area contributed by atoms with Crippen LogP contribution in [0.3, 0.4) is 0 Å². The van der Waals surface area contributed by atoms with Crippen LogP contribution in [0.25, 0.3) is 0 Å². The summed E-state index contributed by atoms with van der Waals surface area (Å²) in [5.74, 6) is -0.678. The van der Waals surface area contributed by atoms with Gasteiger partial charge in [-0.2, -0.15) is 15.8 Å². The molecule has 1 aromatic carbocycles. The van der Waals surface area contributed by atoms with Gasteiger partial charge in [0.25, 0.3) is 0 Å². The Hall–Kier alpha value is -3.14. The van der Waals surface area contributed by atoms with Gasteiger partial charge in [0.2, 0.25) is 0 Å². The molecule has 1 aliphatic carbocycles. The Kier molecular flexibility index (Phi) is 4.22. The van der Waals surface area contributed by atoms with Gasteiger partial charge in [-0.3, -0.25) is 0 Å². The molecule has 1 aromatic rings. The number of hydrogen-bond donors (Lipinski definition) is 2. The maximum absolute atomic E-state index is 10.1. The minimum absolute atomic E-state index is 0.0812. The Balaban J connectivity index is 1.96. The van der Waals surface area contributed by atoms with Gasteiger partial charge in [-0.25, -0.2) is 0 Å². The summed E-state index contributed by atoms with van der Waals surface area (Å²) in [7, 11) is 3.75. The van der Waals surface area contributed by atoms with Crippen molar-refractivity contribution < 1.29 is 9.64 Å². The van der Waals surface area contributed by atoms with Crippen molar-refractivity contribution in [1.29, 1.82) is 21.2 Å². The molecule has 140 valence electrons. The van der Waals surface area contributed by atoms with Gasteiger partial charge in [-0.05, 0) is 29.3 Å². The molecule has 3 aliphatic rings. The first-order valence-corrected chi connectivity index (χ1v) is 9.52. The zero-order chi connectivity index (χ0) is 20.1. The van der Waals surface area contributed by atoms with E-state index in [9.17, 15) is 15.8 Å². The summed E-state index contributed by atoms with van der Waals surface area (Å²) in [6.07, 6.45) is 4.18. The topological polar surface area (TPSA) is 109 Å². The van der Waals surface area contributed by atoms with E-state index < -0.39 is 17.3 Å². The lowest BCUT2D eigenvalue weighted by Gasteiger charge is -2.48. The van der Waals surface area contributed by atoms with Crippen LogP contribution in [0, 0.1) is 56.7 Å². The molecule has 0 spiro atoms. The molecule has 4 rings (SSSR count). The summed E-state index contributed by atoms with van der Waals surface area (Å²) >= 11 is 0. The fourth-order valence-electron chi connectivity index (χ4n) is 5.58. The highest BCUT2D eigenvalue weighted by Gasteiger charge is 2.62. The summed E-state index contributed by atoms with van der Waals surface area (Å²) < 4.78 is 5.26. The van der Waals surface area contributed by atoms with E-state index in [4.69, 9.17) is 10.1 Å². The number of quaternary nitrogens is 1. The van der Waals surface area contributed by atoms with Crippen LogP contribution in [-0.2, 0) is 0 Å². The van der Waals surface area contributed by atoms with Crippen molar-refractivity contribution in [2.45, 2.75) is 30.8 Å². The van der Waals surface area contributed by atoms with Gasteiger partial charge in [-0.15, -0.1) is 0 Å². The first kappa shape index (κ1) is 18.2. The van der Waals surface area contributed by atoms with Crippen molar-refractivity contribution in [1.82, 2.24) is 0 Å². The molecule has 2 aliphatic heterocycles. The van der Waals surface area contributed by atoms with Crippen molar-refractivity contribution in [3.05, 3.63) is 41.5 Å². The lowest BCUT2D eigenvalue weighted by Crippen LogP contribution is -3.15. The van der Waals surface area contributed by atoms with Crippen LogP contribution in [0.2, 0.25) is 0 Å². The van der Waals surface area contributed by atoms with Crippen LogP contribution in [0.1, 0.15) is 24.3 Å². The number of nitrogens with zero attached hydrogens (tertiary/aromatic N) is 3. The third-order valence-electron chi connectivity index (χ3n) is 7.00. The maximum Gasteiger partial charge on any atom is 0.189 e. The Labute approximate surface area is 164 Å². The largest absolute Gasteiger partial charge is 0.497 e. The number of methoxy groups -OCH3 is 1. The van der Waals surface area contributed by atoms with Crippen molar-refractivity contribution in [3.63, 3.8) is 0 Å². The number of benzene rings is 1. The van der Waals surface area contributed by atoms with E-state index in [0.29, 0.717) is 11.8 Å². The van der Waals surface area contributed by atoms with Crippen LogP contribution in [0.15, 0.2) is 35.9 Å². The number of rotatable bonds is 2. The number of hydrogen-bond acceptors (Lipinski definition) is 5. The van der Waals surface area contributed by atoms with Crippen LogP contribution < -0.4 is 9.64 Å². The monoisotopic (exact) mass is 372 g/mol. The van der Waals surface area contributed by atoms with E-state index in [1.165, 1.54) is 4.90 Å². The maximum atomic E-state index is 10.1. The lowest BCUT2D eigenvalue weighted by atomic mass is 9.53. The molecule has 2 heterocycles. The van der Waals surface area contributed by atoms with Crippen LogP contribution in [0.5, 0.6) is 5.75 Å². The Bertz CT molecular complexity index is 960. The molecule has 28 heavy (non-hydrogen) atoms. The number of nitrogens with one attached hydrogen (secondary N) is 2. The van der Waals surface area contributed by atoms with Gasteiger partial charge in [0.15, 0.2) is 5.41 Å². The fourth-order valence-corrected chi connectivity index (χ4v) is 5.58. The molecule has 1 saturated heterocycles. The molecule has 6 atom stereocenters. The summed E-state index contributed by atoms with van der Waals surface area (Å²) in [6, 6.07) is 14.6. The van der Waals surface area contributed by atoms with E-state index in [2.05, 4.69) is 31.3 Å². The van der Waals surface area contributed by atoms with Crippen molar-refractivity contribution in [2.75, 3.05) is 14.2 Å². The summed E-state index contributed by atoms with van der Waals surface area (Å²) in [5, 5.41) is 38.7.